The lowest BCUT2D eigenvalue weighted by Crippen LogP contribution is -2.24. The smallest absolute Gasteiger partial charge is 0.258 e. The number of fused-ring (bicyclic) bond motifs is 1. The summed E-state index contributed by atoms with van der Waals surface area (Å²) >= 11 is 12.3. The Labute approximate surface area is 164 Å². The summed E-state index contributed by atoms with van der Waals surface area (Å²) in [6.45, 7) is 4.71. The number of pyridine rings is 1. The first-order chi connectivity index (χ1) is 12.4. The number of benzene rings is 1. The van der Waals surface area contributed by atoms with Gasteiger partial charge in [0.25, 0.3) is 5.56 Å². The third kappa shape index (κ3) is 4.54. The summed E-state index contributed by atoms with van der Waals surface area (Å²) in [5.41, 5.74) is 0.291. The van der Waals surface area contributed by atoms with Crippen molar-refractivity contribution in [1.82, 2.24) is 4.57 Å². The topological polar surface area (TPSA) is 51.5 Å². The lowest BCUT2D eigenvalue weighted by Gasteiger charge is -2.22. The van der Waals surface area contributed by atoms with E-state index >= 15 is 0 Å². The Bertz CT molecular complexity index is 817. The van der Waals surface area contributed by atoms with Crippen LogP contribution in [0.25, 0.3) is 10.8 Å². The monoisotopic (exact) mass is 399 g/mol. The summed E-state index contributed by atoms with van der Waals surface area (Å²) in [5.74, 6) is 0.526. The molecular formula is C20H27Cl2NO3. The fraction of sp³-hybridized carbons (Fsp3) is 0.550. The van der Waals surface area contributed by atoms with Crippen LogP contribution >= 0.6 is 23.2 Å². The summed E-state index contributed by atoms with van der Waals surface area (Å²) < 4.78 is 7.50. The fourth-order valence-corrected chi connectivity index (χ4v) is 3.39. The Kier molecular flexibility index (Phi) is 7.81. The molecule has 1 aromatic heterocycles. The number of hydrogen-bond acceptors (Lipinski definition) is 3. The highest BCUT2D eigenvalue weighted by atomic mass is 35.5. The van der Waals surface area contributed by atoms with Gasteiger partial charge in [-0.05, 0) is 25.0 Å². The minimum atomic E-state index is -0.769. The molecule has 1 unspecified atom stereocenters. The first kappa shape index (κ1) is 21.1. The minimum absolute atomic E-state index is 0.217. The van der Waals surface area contributed by atoms with E-state index in [1.54, 1.807) is 19.2 Å². The highest BCUT2D eigenvalue weighted by molar-refractivity contribution is 6.42. The molecule has 144 valence electrons. The normalized spacial score (nSPS) is 12.5. The van der Waals surface area contributed by atoms with Crippen LogP contribution in [-0.2, 0) is 7.05 Å². The summed E-state index contributed by atoms with van der Waals surface area (Å²) in [4.78, 5) is 12.8. The Morgan fingerprint density at radius 1 is 1.08 bits per heavy atom. The quantitative estimate of drug-likeness (QED) is 0.555. The fourth-order valence-electron chi connectivity index (χ4n) is 3.06. The van der Waals surface area contributed by atoms with E-state index in [1.807, 2.05) is 0 Å². The van der Waals surface area contributed by atoms with E-state index in [-0.39, 0.29) is 5.56 Å². The predicted molar refractivity (Wildman–Crippen MR) is 109 cm³/mol. The number of ether oxygens (including phenoxy) is 1. The maximum Gasteiger partial charge on any atom is 0.258 e. The van der Waals surface area contributed by atoms with E-state index in [0.29, 0.717) is 45.3 Å². The molecule has 0 fully saturated rings. The summed E-state index contributed by atoms with van der Waals surface area (Å²) in [6.07, 6.45) is 4.68. The predicted octanol–water partition coefficient (Wildman–Crippen LogP) is 5.64. The van der Waals surface area contributed by atoms with Gasteiger partial charge in [0.1, 0.15) is 5.75 Å². The van der Waals surface area contributed by atoms with Crippen LogP contribution in [0.3, 0.4) is 0 Å². The van der Waals surface area contributed by atoms with Crippen LogP contribution in [0.5, 0.6) is 5.75 Å². The molecule has 2 rings (SSSR count). The van der Waals surface area contributed by atoms with E-state index in [9.17, 15) is 9.90 Å². The number of aliphatic hydroxyl groups excluding tert-OH is 1. The number of hydrogen-bond donors (Lipinski definition) is 1. The second-order valence-corrected chi connectivity index (χ2v) is 7.42. The maximum atomic E-state index is 12.8. The average Bonchev–Trinajstić information content (AvgIpc) is 2.61. The van der Waals surface area contributed by atoms with Gasteiger partial charge >= 0.3 is 0 Å². The minimum Gasteiger partial charge on any atom is -0.491 e. The van der Waals surface area contributed by atoms with Gasteiger partial charge in [0.2, 0.25) is 0 Å². The first-order valence-corrected chi connectivity index (χ1v) is 10.00. The highest BCUT2D eigenvalue weighted by Crippen LogP contribution is 2.37. The molecule has 1 aromatic carbocycles. The molecule has 0 aliphatic heterocycles. The Morgan fingerprint density at radius 3 is 2.31 bits per heavy atom. The van der Waals surface area contributed by atoms with Gasteiger partial charge in [-0.2, -0.15) is 0 Å². The van der Waals surface area contributed by atoms with Crippen LogP contribution < -0.4 is 10.3 Å². The van der Waals surface area contributed by atoms with Gasteiger partial charge in [0.15, 0.2) is 0 Å². The van der Waals surface area contributed by atoms with Gasteiger partial charge < -0.3 is 14.4 Å². The number of nitrogens with zero attached hydrogens (tertiary/aromatic N) is 1. The largest absolute Gasteiger partial charge is 0.491 e. The van der Waals surface area contributed by atoms with Gasteiger partial charge in [0.05, 0.1) is 33.8 Å². The van der Waals surface area contributed by atoms with E-state index in [4.69, 9.17) is 27.9 Å². The number of rotatable bonds is 9. The van der Waals surface area contributed by atoms with Crippen LogP contribution in [0.2, 0.25) is 10.0 Å². The van der Waals surface area contributed by atoms with Gasteiger partial charge in [-0.1, -0.05) is 62.7 Å². The van der Waals surface area contributed by atoms with E-state index in [2.05, 4.69) is 13.8 Å². The molecule has 1 N–H and O–H groups in total. The summed E-state index contributed by atoms with van der Waals surface area (Å²) in [5, 5.41) is 12.5. The van der Waals surface area contributed by atoms with Crippen molar-refractivity contribution in [2.24, 2.45) is 7.05 Å². The molecule has 0 saturated carbocycles. The van der Waals surface area contributed by atoms with E-state index < -0.39 is 6.10 Å². The second-order valence-electron chi connectivity index (χ2n) is 6.60. The Balaban J connectivity index is 2.63. The molecule has 0 aliphatic carbocycles. The van der Waals surface area contributed by atoms with Crippen LogP contribution in [0, 0.1) is 0 Å². The zero-order valence-corrected chi connectivity index (χ0v) is 17.2. The molecule has 2 aromatic rings. The van der Waals surface area contributed by atoms with E-state index in [0.717, 1.165) is 32.1 Å². The number of aromatic nitrogens is 1. The zero-order chi connectivity index (χ0) is 19.3. The molecule has 4 nitrogen and oxygen atoms in total. The molecule has 0 amide bonds. The standard InChI is InChI=1S/C20H27Cl2NO3/c1-4-6-8-9-17(24)18-19(26-10-7-5-2)13-11-15(21)16(22)12-14(13)20(25)23(18)3/h11-12,17,24H,4-10H2,1-3H3. The van der Waals surface area contributed by atoms with Crippen molar-refractivity contribution in [1.29, 1.82) is 0 Å². The Morgan fingerprint density at radius 2 is 1.69 bits per heavy atom. The molecule has 0 bridgehead atoms. The van der Waals surface area contributed by atoms with Crippen molar-refractivity contribution in [2.45, 2.75) is 58.5 Å². The van der Waals surface area contributed by atoms with Gasteiger partial charge in [-0.15, -0.1) is 0 Å². The number of halogens is 2. The molecule has 1 heterocycles. The van der Waals surface area contributed by atoms with Crippen LogP contribution in [-0.4, -0.2) is 16.3 Å². The van der Waals surface area contributed by atoms with Crippen molar-refractivity contribution in [3.8, 4) is 5.75 Å². The van der Waals surface area contributed by atoms with Gasteiger partial charge in [-0.25, -0.2) is 0 Å². The van der Waals surface area contributed by atoms with Crippen molar-refractivity contribution in [3.63, 3.8) is 0 Å². The molecule has 0 radical (unpaired) electrons. The molecule has 0 saturated heterocycles. The zero-order valence-electron chi connectivity index (χ0n) is 15.6. The number of aliphatic hydroxyl groups is 1. The lowest BCUT2D eigenvalue weighted by atomic mass is 10.0. The van der Waals surface area contributed by atoms with Crippen LogP contribution in [0.15, 0.2) is 16.9 Å². The first-order valence-electron chi connectivity index (χ1n) is 9.24. The SMILES string of the molecule is CCCCCC(O)c1c(OCCCC)c2cc(Cl)c(Cl)cc2c(=O)n1C. The average molecular weight is 400 g/mol. The molecule has 6 heteroatoms. The molecule has 0 spiro atoms. The highest BCUT2D eigenvalue weighted by Gasteiger charge is 2.23. The van der Waals surface area contributed by atoms with E-state index in [1.165, 1.54) is 4.57 Å². The second kappa shape index (κ2) is 9.63. The number of unbranched alkanes of at least 4 members (excludes halogenated alkanes) is 3. The molecular weight excluding hydrogens is 373 g/mol. The van der Waals surface area contributed by atoms with Gasteiger partial charge in [-0.3, -0.25) is 4.79 Å². The lowest BCUT2D eigenvalue weighted by molar-refractivity contribution is 0.148. The van der Waals surface area contributed by atoms with Crippen LogP contribution in [0.1, 0.15) is 64.2 Å². The van der Waals surface area contributed by atoms with Crippen LogP contribution in [0.4, 0.5) is 0 Å². The molecule has 26 heavy (non-hydrogen) atoms. The third-order valence-electron chi connectivity index (χ3n) is 4.58. The summed E-state index contributed by atoms with van der Waals surface area (Å²) in [7, 11) is 1.66. The maximum absolute atomic E-state index is 12.8. The van der Waals surface area contributed by atoms with Crippen molar-refractivity contribution >= 4 is 34.0 Å². The Hall–Kier alpha value is -1.23. The summed E-state index contributed by atoms with van der Waals surface area (Å²) in [6, 6.07) is 3.23. The molecule has 0 aliphatic rings. The van der Waals surface area contributed by atoms with Crippen molar-refractivity contribution in [3.05, 3.63) is 38.2 Å². The third-order valence-corrected chi connectivity index (χ3v) is 5.30. The van der Waals surface area contributed by atoms with Crippen molar-refractivity contribution in [2.75, 3.05) is 6.61 Å². The van der Waals surface area contributed by atoms with Crippen molar-refractivity contribution < 1.29 is 9.84 Å². The molecule has 1 atom stereocenters. The van der Waals surface area contributed by atoms with Gasteiger partial charge in [0, 0.05) is 12.4 Å².